The van der Waals surface area contributed by atoms with E-state index in [0.29, 0.717) is 13.1 Å². The van der Waals surface area contributed by atoms with Crippen LogP contribution in [-0.4, -0.2) is 36.6 Å². The lowest BCUT2D eigenvalue weighted by atomic mass is 10.1. The van der Waals surface area contributed by atoms with Crippen LogP contribution < -0.4 is 5.32 Å². The summed E-state index contributed by atoms with van der Waals surface area (Å²) >= 11 is 0. The lowest BCUT2D eigenvalue weighted by Gasteiger charge is -2.38. The van der Waals surface area contributed by atoms with Crippen molar-refractivity contribution in [2.45, 2.75) is 32.6 Å². The van der Waals surface area contributed by atoms with Gasteiger partial charge in [-0.2, -0.15) is 0 Å². The van der Waals surface area contributed by atoms with Crippen molar-refractivity contribution in [1.29, 1.82) is 0 Å². The van der Waals surface area contributed by atoms with Gasteiger partial charge in [0.15, 0.2) is 5.96 Å². The Morgan fingerprint density at radius 1 is 1.27 bits per heavy atom. The van der Waals surface area contributed by atoms with E-state index in [9.17, 15) is 4.39 Å². The second-order valence-corrected chi connectivity index (χ2v) is 6.14. The fourth-order valence-corrected chi connectivity index (χ4v) is 2.97. The third-order valence-corrected chi connectivity index (χ3v) is 4.10. The molecule has 1 N–H and O–H groups in total. The van der Waals surface area contributed by atoms with Crippen molar-refractivity contribution >= 4 is 29.9 Å². The summed E-state index contributed by atoms with van der Waals surface area (Å²) in [5.74, 6) is 1.42. The molecule has 1 aliphatic rings. The van der Waals surface area contributed by atoms with E-state index in [1.165, 1.54) is 12.1 Å². The number of furan rings is 1. The van der Waals surface area contributed by atoms with E-state index in [1.54, 1.807) is 18.4 Å². The van der Waals surface area contributed by atoms with Gasteiger partial charge in [-0.3, -0.25) is 0 Å². The van der Waals surface area contributed by atoms with E-state index < -0.39 is 0 Å². The van der Waals surface area contributed by atoms with Crippen LogP contribution in [-0.2, 0) is 11.3 Å². The summed E-state index contributed by atoms with van der Waals surface area (Å²) in [6.45, 7) is 6.77. The van der Waals surface area contributed by atoms with Gasteiger partial charge in [-0.1, -0.05) is 12.1 Å². The van der Waals surface area contributed by atoms with Gasteiger partial charge >= 0.3 is 0 Å². The highest BCUT2D eigenvalue weighted by Crippen LogP contribution is 2.25. The molecule has 1 aromatic carbocycles. The highest BCUT2D eigenvalue weighted by molar-refractivity contribution is 14.0. The SMILES string of the molecule is CCNC(=NCc1ccco1)N1CC(C)OC(c2ccc(F)cc2)C1.I. The lowest BCUT2D eigenvalue weighted by molar-refractivity contribution is -0.0605. The maximum atomic E-state index is 13.2. The minimum absolute atomic E-state index is 0. The molecule has 2 unspecified atom stereocenters. The molecule has 0 aliphatic carbocycles. The Hall–Kier alpha value is -1.61. The number of hydrogen-bond donors (Lipinski definition) is 1. The number of morpholine rings is 1. The molecular formula is C19H25FIN3O2. The Labute approximate surface area is 170 Å². The van der Waals surface area contributed by atoms with Crippen LogP contribution in [0.1, 0.15) is 31.3 Å². The van der Waals surface area contributed by atoms with E-state index in [0.717, 1.165) is 30.4 Å². The molecule has 1 saturated heterocycles. The van der Waals surface area contributed by atoms with Crippen LogP contribution in [0.5, 0.6) is 0 Å². The molecule has 1 fully saturated rings. The smallest absolute Gasteiger partial charge is 0.194 e. The number of benzene rings is 1. The van der Waals surface area contributed by atoms with Crippen molar-refractivity contribution in [3.63, 3.8) is 0 Å². The first-order chi connectivity index (χ1) is 12.2. The Morgan fingerprint density at radius 3 is 2.69 bits per heavy atom. The highest BCUT2D eigenvalue weighted by Gasteiger charge is 2.28. The van der Waals surface area contributed by atoms with Gasteiger partial charge in [-0.25, -0.2) is 9.38 Å². The number of rotatable bonds is 4. The van der Waals surface area contributed by atoms with Gasteiger partial charge in [0.2, 0.25) is 0 Å². The molecule has 0 bridgehead atoms. The van der Waals surface area contributed by atoms with E-state index >= 15 is 0 Å². The van der Waals surface area contributed by atoms with Crippen LogP contribution in [0, 0.1) is 5.82 Å². The highest BCUT2D eigenvalue weighted by atomic mass is 127. The van der Waals surface area contributed by atoms with E-state index in [2.05, 4.69) is 15.2 Å². The molecule has 142 valence electrons. The van der Waals surface area contributed by atoms with Crippen LogP contribution >= 0.6 is 24.0 Å². The predicted molar refractivity (Wildman–Crippen MR) is 110 cm³/mol. The first kappa shape index (κ1) is 20.7. The van der Waals surface area contributed by atoms with Crippen LogP contribution in [0.3, 0.4) is 0 Å². The third kappa shape index (κ3) is 5.44. The van der Waals surface area contributed by atoms with Crippen LogP contribution in [0.25, 0.3) is 0 Å². The molecule has 0 amide bonds. The molecule has 26 heavy (non-hydrogen) atoms. The summed E-state index contributed by atoms with van der Waals surface area (Å²) in [7, 11) is 0. The summed E-state index contributed by atoms with van der Waals surface area (Å²) in [6, 6.07) is 10.3. The first-order valence-corrected chi connectivity index (χ1v) is 8.62. The standard InChI is InChI=1S/C19H24FN3O2.HI/c1-3-21-19(22-11-17-5-4-10-24-17)23-12-14(2)25-18(13-23)15-6-8-16(20)9-7-15;/h4-10,14,18H,3,11-13H2,1-2H3,(H,21,22);1H. The topological polar surface area (TPSA) is 50.0 Å². The molecule has 1 aliphatic heterocycles. The molecule has 1 aromatic heterocycles. The number of nitrogens with zero attached hydrogens (tertiary/aromatic N) is 2. The minimum Gasteiger partial charge on any atom is -0.467 e. The van der Waals surface area contributed by atoms with Crippen molar-refractivity contribution in [2.75, 3.05) is 19.6 Å². The number of guanidine groups is 1. The average Bonchev–Trinajstić information content (AvgIpc) is 3.12. The largest absolute Gasteiger partial charge is 0.467 e. The van der Waals surface area contributed by atoms with Crippen molar-refractivity contribution < 1.29 is 13.5 Å². The van der Waals surface area contributed by atoms with Gasteiger partial charge < -0.3 is 19.4 Å². The zero-order valence-corrected chi connectivity index (χ0v) is 17.4. The molecular weight excluding hydrogens is 448 g/mol. The molecule has 2 aromatic rings. The van der Waals surface area contributed by atoms with E-state index in [-0.39, 0.29) is 42.0 Å². The normalized spacial score (nSPS) is 20.6. The van der Waals surface area contributed by atoms with Gasteiger partial charge in [-0.05, 0) is 43.7 Å². The van der Waals surface area contributed by atoms with Crippen molar-refractivity contribution in [3.05, 3.63) is 59.8 Å². The van der Waals surface area contributed by atoms with Crippen LogP contribution in [0.2, 0.25) is 0 Å². The number of halogens is 2. The molecule has 0 spiro atoms. The quantitative estimate of drug-likeness (QED) is 0.415. The zero-order chi connectivity index (χ0) is 17.6. The fraction of sp³-hybridized carbons (Fsp3) is 0.421. The van der Waals surface area contributed by atoms with E-state index in [1.807, 2.05) is 26.0 Å². The summed E-state index contributed by atoms with van der Waals surface area (Å²) in [4.78, 5) is 6.87. The summed E-state index contributed by atoms with van der Waals surface area (Å²) < 4.78 is 24.6. The zero-order valence-electron chi connectivity index (χ0n) is 15.0. The molecule has 7 heteroatoms. The van der Waals surface area contributed by atoms with Crippen molar-refractivity contribution in [3.8, 4) is 0 Å². The molecule has 0 saturated carbocycles. The first-order valence-electron chi connectivity index (χ1n) is 8.62. The van der Waals surface area contributed by atoms with Crippen molar-refractivity contribution in [1.82, 2.24) is 10.2 Å². The number of aliphatic imine (C=N–C) groups is 1. The lowest BCUT2D eigenvalue weighted by Crippen LogP contribution is -2.50. The number of ether oxygens (including phenoxy) is 1. The Morgan fingerprint density at radius 2 is 2.04 bits per heavy atom. The molecule has 2 atom stereocenters. The van der Waals surface area contributed by atoms with Gasteiger partial charge in [0.1, 0.15) is 24.2 Å². The van der Waals surface area contributed by atoms with Gasteiger partial charge in [0, 0.05) is 13.1 Å². The maximum absolute atomic E-state index is 13.2. The average molecular weight is 473 g/mol. The minimum atomic E-state index is -0.238. The molecule has 2 heterocycles. The van der Waals surface area contributed by atoms with Gasteiger partial charge in [0.25, 0.3) is 0 Å². The Balaban J connectivity index is 0.00000243. The van der Waals surface area contributed by atoms with Gasteiger partial charge in [-0.15, -0.1) is 24.0 Å². The second kappa shape index (κ2) is 9.91. The monoisotopic (exact) mass is 473 g/mol. The fourth-order valence-electron chi connectivity index (χ4n) is 2.97. The van der Waals surface area contributed by atoms with Crippen LogP contribution in [0.4, 0.5) is 4.39 Å². The summed E-state index contributed by atoms with van der Waals surface area (Å²) in [5.41, 5.74) is 0.972. The van der Waals surface area contributed by atoms with Gasteiger partial charge in [0.05, 0.1) is 18.9 Å². The number of hydrogen-bond acceptors (Lipinski definition) is 3. The maximum Gasteiger partial charge on any atom is 0.194 e. The summed E-state index contributed by atoms with van der Waals surface area (Å²) in [5, 5.41) is 3.34. The predicted octanol–water partition coefficient (Wildman–Crippen LogP) is 3.96. The van der Waals surface area contributed by atoms with Crippen molar-refractivity contribution in [2.24, 2.45) is 4.99 Å². The Kier molecular flexibility index (Phi) is 7.89. The molecule has 3 rings (SSSR count). The van der Waals surface area contributed by atoms with E-state index in [4.69, 9.17) is 9.15 Å². The molecule has 0 radical (unpaired) electrons. The van der Waals surface area contributed by atoms with Crippen LogP contribution in [0.15, 0.2) is 52.1 Å². The summed E-state index contributed by atoms with van der Waals surface area (Å²) in [6.07, 6.45) is 1.59. The Bertz CT molecular complexity index is 691. The third-order valence-electron chi connectivity index (χ3n) is 4.10. The molecule has 5 nitrogen and oxygen atoms in total. The second-order valence-electron chi connectivity index (χ2n) is 6.14. The number of nitrogens with one attached hydrogen (secondary N) is 1.